The number of amides is 1. The SMILES string of the molecule is CCn1c(SC(C)C(=O)Nc2c(C)cccc2C)nnc1-c1ccccc1. The molecule has 1 amide bonds. The third kappa shape index (κ3) is 4.22. The number of benzene rings is 2. The Morgan fingerprint density at radius 1 is 1.07 bits per heavy atom. The zero-order chi connectivity index (χ0) is 19.4. The van der Waals surface area contributed by atoms with Crippen LogP contribution in [0.3, 0.4) is 0 Å². The van der Waals surface area contributed by atoms with Gasteiger partial charge < -0.3 is 9.88 Å². The summed E-state index contributed by atoms with van der Waals surface area (Å²) >= 11 is 1.43. The van der Waals surface area contributed by atoms with Gasteiger partial charge in [-0.2, -0.15) is 0 Å². The van der Waals surface area contributed by atoms with Gasteiger partial charge in [-0.05, 0) is 38.8 Å². The highest BCUT2D eigenvalue weighted by atomic mass is 32.2. The lowest BCUT2D eigenvalue weighted by molar-refractivity contribution is -0.115. The lowest BCUT2D eigenvalue weighted by atomic mass is 10.1. The van der Waals surface area contributed by atoms with E-state index in [0.717, 1.165) is 39.9 Å². The Balaban J connectivity index is 1.77. The number of aryl methyl sites for hydroxylation is 2. The van der Waals surface area contributed by atoms with E-state index in [1.165, 1.54) is 11.8 Å². The Labute approximate surface area is 164 Å². The fourth-order valence-corrected chi connectivity index (χ4v) is 3.82. The molecule has 3 aromatic rings. The average molecular weight is 381 g/mol. The number of para-hydroxylation sites is 1. The minimum atomic E-state index is -0.290. The fourth-order valence-electron chi connectivity index (χ4n) is 2.91. The summed E-state index contributed by atoms with van der Waals surface area (Å²) in [5.41, 5.74) is 4.02. The van der Waals surface area contributed by atoms with E-state index >= 15 is 0 Å². The molecule has 1 heterocycles. The van der Waals surface area contributed by atoms with Crippen molar-refractivity contribution in [3.8, 4) is 11.4 Å². The van der Waals surface area contributed by atoms with E-state index in [0.29, 0.717) is 0 Å². The molecule has 0 aliphatic rings. The van der Waals surface area contributed by atoms with Crippen molar-refractivity contribution in [2.75, 3.05) is 5.32 Å². The van der Waals surface area contributed by atoms with Crippen molar-refractivity contribution in [1.29, 1.82) is 0 Å². The summed E-state index contributed by atoms with van der Waals surface area (Å²) in [5, 5.41) is 12.2. The van der Waals surface area contributed by atoms with Gasteiger partial charge in [0.25, 0.3) is 0 Å². The molecule has 0 aliphatic carbocycles. The molecule has 0 spiro atoms. The minimum absolute atomic E-state index is 0.0377. The van der Waals surface area contributed by atoms with Crippen LogP contribution in [0.4, 0.5) is 5.69 Å². The lowest BCUT2D eigenvalue weighted by Gasteiger charge is -2.15. The van der Waals surface area contributed by atoms with Gasteiger partial charge in [0.1, 0.15) is 0 Å². The van der Waals surface area contributed by atoms with Crippen molar-refractivity contribution in [2.24, 2.45) is 0 Å². The molecular formula is C21H24N4OS. The third-order valence-corrected chi connectivity index (χ3v) is 5.53. The van der Waals surface area contributed by atoms with Crippen LogP contribution in [0.2, 0.25) is 0 Å². The highest BCUT2D eigenvalue weighted by molar-refractivity contribution is 8.00. The molecule has 0 saturated carbocycles. The van der Waals surface area contributed by atoms with Gasteiger partial charge in [-0.25, -0.2) is 0 Å². The molecule has 27 heavy (non-hydrogen) atoms. The highest BCUT2D eigenvalue weighted by Gasteiger charge is 2.21. The van der Waals surface area contributed by atoms with Crippen LogP contribution in [0.1, 0.15) is 25.0 Å². The monoisotopic (exact) mass is 380 g/mol. The second kappa shape index (κ2) is 8.39. The molecule has 3 rings (SSSR count). The van der Waals surface area contributed by atoms with Crippen LogP contribution in [0, 0.1) is 13.8 Å². The van der Waals surface area contributed by atoms with E-state index in [4.69, 9.17) is 0 Å². The number of nitrogens with zero attached hydrogens (tertiary/aromatic N) is 3. The Kier molecular flexibility index (Phi) is 5.96. The van der Waals surface area contributed by atoms with Crippen molar-refractivity contribution in [2.45, 2.75) is 44.6 Å². The molecule has 1 N–H and O–H groups in total. The fraction of sp³-hybridized carbons (Fsp3) is 0.286. The molecule has 0 saturated heterocycles. The number of hydrogen-bond donors (Lipinski definition) is 1. The van der Waals surface area contributed by atoms with E-state index in [1.807, 2.05) is 73.9 Å². The van der Waals surface area contributed by atoms with E-state index in [1.54, 1.807) is 0 Å². The second-order valence-corrected chi connectivity index (χ2v) is 7.74. The number of carbonyl (C=O) groups is 1. The van der Waals surface area contributed by atoms with Crippen LogP contribution >= 0.6 is 11.8 Å². The van der Waals surface area contributed by atoms with Crippen LogP contribution in [0.15, 0.2) is 53.7 Å². The van der Waals surface area contributed by atoms with Gasteiger partial charge in [0.2, 0.25) is 5.91 Å². The molecule has 1 atom stereocenters. The summed E-state index contributed by atoms with van der Waals surface area (Å²) in [4.78, 5) is 12.7. The van der Waals surface area contributed by atoms with Crippen LogP contribution in [0.5, 0.6) is 0 Å². The Hall–Kier alpha value is -2.60. The first-order valence-electron chi connectivity index (χ1n) is 9.03. The molecule has 0 fully saturated rings. The highest BCUT2D eigenvalue weighted by Crippen LogP contribution is 2.28. The molecule has 5 nitrogen and oxygen atoms in total. The summed E-state index contributed by atoms with van der Waals surface area (Å²) in [6.45, 7) is 8.69. The number of aromatic nitrogens is 3. The van der Waals surface area contributed by atoms with Crippen LogP contribution in [-0.2, 0) is 11.3 Å². The van der Waals surface area contributed by atoms with E-state index in [9.17, 15) is 4.79 Å². The van der Waals surface area contributed by atoms with Gasteiger partial charge in [0, 0.05) is 17.8 Å². The maximum atomic E-state index is 12.7. The summed E-state index contributed by atoms with van der Waals surface area (Å²) in [5.74, 6) is 0.785. The molecule has 140 valence electrons. The van der Waals surface area contributed by atoms with E-state index in [2.05, 4.69) is 22.4 Å². The first kappa shape index (κ1) is 19.2. The molecular weight excluding hydrogens is 356 g/mol. The predicted molar refractivity (Wildman–Crippen MR) is 111 cm³/mol. The van der Waals surface area contributed by atoms with Crippen molar-refractivity contribution < 1.29 is 4.79 Å². The predicted octanol–water partition coefficient (Wildman–Crippen LogP) is 4.70. The van der Waals surface area contributed by atoms with E-state index in [-0.39, 0.29) is 11.2 Å². The quantitative estimate of drug-likeness (QED) is 0.630. The molecule has 2 aromatic carbocycles. The Morgan fingerprint density at radius 3 is 2.37 bits per heavy atom. The molecule has 6 heteroatoms. The molecule has 0 aliphatic heterocycles. The Morgan fingerprint density at radius 2 is 1.74 bits per heavy atom. The average Bonchev–Trinajstić information content (AvgIpc) is 3.07. The topological polar surface area (TPSA) is 59.8 Å². The number of anilines is 1. The molecule has 1 unspecified atom stereocenters. The standard InChI is InChI=1S/C21H24N4OS/c1-5-25-19(17-12-7-6-8-13-17)23-24-21(25)27-16(4)20(26)22-18-14(2)10-9-11-15(18)3/h6-13,16H,5H2,1-4H3,(H,22,26). The van der Waals surface area contributed by atoms with Gasteiger partial charge in [0.15, 0.2) is 11.0 Å². The molecule has 1 aromatic heterocycles. The normalized spacial score (nSPS) is 12.0. The van der Waals surface area contributed by atoms with Gasteiger partial charge >= 0.3 is 0 Å². The number of carbonyl (C=O) groups excluding carboxylic acids is 1. The van der Waals surface area contributed by atoms with Gasteiger partial charge in [-0.3, -0.25) is 4.79 Å². The minimum Gasteiger partial charge on any atom is -0.325 e. The summed E-state index contributed by atoms with van der Waals surface area (Å²) < 4.78 is 2.04. The van der Waals surface area contributed by atoms with E-state index < -0.39 is 0 Å². The summed E-state index contributed by atoms with van der Waals surface area (Å²) in [6, 6.07) is 16.0. The maximum absolute atomic E-state index is 12.7. The third-order valence-electron chi connectivity index (χ3n) is 4.45. The van der Waals surface area contributed by atoms with Crippen molar-refractivity contribution in [3.63, 3.8) is 0 Å². The lowest BCUT2D eigenvalue weighted by Crippen LogP contribution is -2.23. The van der Waals surface area contributed by atoms with Crippen LogP contribution in [0.25, 0.3) is 11.4 Å². The van der Waals surface area contributed by atoms with Gasteiger partial charge in [-0.15, -0.1) is 10.2 Å². The molecule has 0 radical (unpaired) electrons. The summed E-state index contributed by atoms with van der Waals surface area (Å²) in [7, 11) is 0. The number of hydrogen-bond acceptors (Lipinski definition) is 4. The molecule has 0 bridgehead atoms. The van der Waals surface area contributed by atoms with Crippen LogP contribution < -0.4 is 5.32 Å². The Bertz CT molecular complexity index is 916. The maximum Gasteiger partial charge on any atom is 0.237 e. The van der Waals surface area contributed by atoms with Gasteiger partial charge in [0.05, 0.1) is 5.25 Å². The summed E-state index contributed by atoms with van der Waals surface area (Å²) in [6.07, 6.45) is 0. The van der Waals surface area contributed by atoms with Crippen molar-refractivity contribution in [3.05, 3.63) is 59.7 Å². The second-order valence-electron chi connectivity index (χ2n) is 6.43. The smallest absolute Gasteiger partial charge is 0.237 e. The van der Waals surface area contributed by atoms with Crippen LogP contribution in [-0.4, -0.2) is 25.9 Å². The van der Waals surface area contributed by atoms with Crippen molar-refractivity contribution in [1.82, 2.24) is 14.8 Å². The number of thioether (sulfide) groups is 1. The first-order chi connectivity index (χ1) is 13.0. The van der Waals surface area contributed by atoms with Crippen molar-refractivity contribution >= 4 is 23.4 Å². The first-order valence-corrected chi connectivity index (χ1v) is 9.91. The zero-order valence-corrected chi connectivity index (χ0v) is 16.9. The zero-order valence-electron chi connectivity index (χ0n) is 16.1. The number of rotatable bonds is 6. The number of nitrogens with one attached hydrogen (secondary N) is 1. The van der Waals surface area contributed by atoms with Gasteiger partial charge in [-0.1, -0.05) is 60.3 Å². The largest absolute Gasteiger partial charge is 0.325 e.